The average molecular weight is 383 g/mol. The van der Waals surface area contributed by atoms with Crippen LogP contribution in [0, 0.1) is 0 Å². The van der Waals surface area contributed by atoms with Crippen LogP contribution < -0.4 is 0 Å². The third-order valence-electron chi connectivity index (χ3n) is 3.89. The van der Waals surface area contributed by atoms with Crippen molar-refractivity contribution in [2.24, 2.45) is 0 Å². The zero-order chi connectivity index (χ0) is 17.2. The Balaban J connectivity index is 1.74. The molecule has 0 saturated heterocycles. The van der Waals surface area contributed by atoms with E-state index < -0.39 is 10.0 Å². The van der Waals surface area contributed by atoms with Gasteiger partial charge in [-0.2, -0.15) is 4.31 Å². The van der Waals surface area contributed by atoms with Gasteiger partial charge in [-0.15, -0.1) is 29.3 Å². The Morgan fingerprint density at radius 2 is 2.17 bits per heavy atom. The van der Waals surface area contributed by atoms with E-state index in [9.17, 15) is 13.2 Å². The lowest BCUT2D eigenvalue weighted by atomic mass is 10.1. The van der Waals surface area contributed by atoms with Crippen LogP contribution >= 0.6 is 22.7 Å². The highest BCUT2D eigenvalue weighted by molar-refractivity contribution is 7.91. The summed E-state index contributed by atoms with van der Waals surface area (Å²) >= 11 is 2.86. The van der Waals surface area contributed by atoms with Gasteiger partial charge in [0.15, 0.2) is 0 Å². The Labute approximate surface area is 149 Å². The average Bonchev–Trinajstić information content (AvgIpc) is 3.25. The van der Waals surface area contributed by atoms with Gasteiger partial charge < -0.3 is 4.90 Å². The maximum atomic E-state index is 12.7. The van der Waals surface area contributed by atoms with Gasteiger partial charge in [0.1, 0.15) is 4.21 Å². The minimum Gasteiger partial charge on any atom is -0.337 e. The standard InChI is InChI=1S/C16H18N2O3S3/c1-2-7-18(24(20,21)16-4-3-9-23-16)12-15(19)17-8-5-14-13(11-17)6-10-22-14/h2-4,6,9-10H,1,5,7-8,11-12H2. The maximum Gasteiger partial charge on any atom is 0.253 e. The number of thiophene rings is 2. The molecule has 24 heavy (non-hydrogen) atoms. The molecule has 0 unspecified atom stereocenters. The number of amides is 1. The fourth-order valence-electron chi connectivity index (χ4n) is 2.64. The predicted octanol–water partition coefficient (Wildman–Crippen LogP) is 2.57. The molecule has 0 saturated carbocycles. The van der Waals surface area contributed by atoms with E-state index >= 15 is 0 Å². The maximum absolute atomic E-state index is 12.7. The number of sulfonamides is 1. The molecule has 8 heteroatoms. The fourth-order valence-corrected chi connectivity index (χ4v) is 6.04. The van der Waals surface area contributed by atoms with E-state index in [-0.39, 0.29) is 23.2 Å². The number of carbonyl (C=O) groups excluding carboxylic acids is 1. The summed E-state index contributed by atoms with van der Waals surface area (Å²) < 4.78 is 26.8. The molecule has 1 amide bonds. The molecule has 0 aromatic carbocycles. The molecule has 2 aromatic rings. The van der Waals surface area contributed by atoms with Crippen molar-refractivity contribution in [1.29, 1.82) is 0 Å². The zero-order valence-corrected chi connectivity index (χ0v) is 15.5. The Kier molecular flexibility index (Phi) is 5.19. The number of fused-ring (bicyclic) bond motifs is 1. The topological polar surface area (TPSA) is 57.7 Å². The Hall–Kier alpha value is -1.48. The van der Waals surface area contributed by atoms with Gasteiger partial charge in [-0.25, -0.2) is 8.42 Å². The van der Waals surface area contributed by atoms with Gasteiger partial charge in [0.2, 0.25) is 5.91 Å². The van der Waals surface area contributed by atoms with E-state index in [0.717, 1.165) is 23.3 Å². The molecule has 0 fully saturated rings. The minimum absolute atomic E-state index is 0.115. The SMILES string of the molecule is C=CCN(CC(=O)N1CCc2sccc2C1)S(=O)(=O)c1cccs1. The van der Waals surface area contributed by atoms with E-state index in [1.165, 1.54) is 15.3 Å². The van der Waals surface area contributed by atoms with Crippen molar-refractivity contribution in [3.05, 3.63) is 52.1 Å². The summed E-state index contributed by atoms with van der Waals surface area (Å²) in [4.78, 5) is 15.7. The van der Waals surface area contributed by atoms with Crippen LogP contribution in [0.5, 0.6) is 0 Å². The second-order valence-corrected chi connectivity index (χ2v) is 9.57. The van der Waals surface area contributed by atoms with E-state index in [1.807, 2.05) is 11.4 Å². The summed E-state index contributed by atoms with van der Waals surface area (Å²) in [5.41, 5.74) is 1.16. The van der Waals surface area contributed by atoms with Crippen LogP contribution in [0.4, 0.5) is 0 Å². The smallest absolute Gasteiger partial charge is 0.253 e. The van der Waals surface area contributed by atoms with Gasteiger partial charge in [-0.1, -0.05) is 12.1 Å². The molecule has 0 aliphatic carbocycles. The van der Waals surface area contributed by atoms with Crippen LogP contribution in [-0.4, -0.2) is 43.2 Å². The molecule has 3 heterocycles. The highest BCUT2D eigenvalue weighted by Gasteiger charge is 2.29. The number of hydrogen-bond donors (Lipinski definition) is 0. The molecule has 128 valence electrons. The van der Waals surface area contributed by atoms with Crippen molar-refractivity contribution in [3.8, 4) is 0 Å². The second-order valence-electron chi connectivity index (χ2n) is 5.45. The molecule has 5 nitrogen and oxygen atoms in total. The Morgan fingerprint density at radius 1 is 1.33 bits per heavy atom. The number of carbonyl (C=O) groups is 1. The minimum atomic E-state index is -3.67. The summed E-state index contributed by atoms with van der Waals surface area (Å²) in [6.45, 7) is 4.75. The molecule has 0 bridgehead atoms. The number of hydrogen-bond acceptors (Lipinski definition) is 5. The molecule has 0 N–H and O–H groups in total. The van der Waals surface area contributed by atoms with Crippen LogP contribution in [0.2, 0.25) is 0 Å². The van der Waals surface area contributed by atoms with Gasteiger partial charge in [0.05, 0.1) is 6.54 Å². The summed E-state index contributed by atoms with van der Waals surface area (Å²) in [5.74, 6) is -0.172. The first-order chi connectivity index (χ1) is 11.5. The largest absolute Gasteiger partial charge is 0.337 e. The van der Waals surface area contributed by atoms with Gasteiger partial charge in [-0.3, -0.25) is 4.79 Å². The number of nitrogens with zero attached hydrogens (tertiary/aromatic N) is 2. The van der Waals surface area contributed by atoms with Crippen molar-refractivity contribution in [2.45, 2.75) is 17.2 Å². The van der Waals surface area contributed by atoms with Crippen molar-refractivity contribution in [2.75, 3.05) is 19.6 Å². The van der Waals surface area contributed by atoms with Crippen molar-refractivity contribution < 1.29 is 13.2 Å². The highest BCUT2D eigenvalue weighted by atomic mass is 32.2. The zero-order valence-electron chi connectivity index (χ0n) is 13.1. The first-order valence-corrected chi connectivity index (χ1v) is 10.7. The summed E-state index contributed by atoms with van der Waals surface area (Å²) in [6.07, 6.45) is 2.34. The van der Waals surface area contributed by atoms with Crippen molar-refractivity contribution in [3.63, 3.8) is 0 Å². The van der Waals surface area contributed by atoms with Gasteiger partial charge >= 0.3 is 0 Å². The molecule has 0 spiro atoms. The van der Waals surface area contributed by atoms with Gasteiger partial charge in [-0.05, 0) is 34.9 Å². The molecule has 1 aliphatic rings. The lowest BCUT2D eigenvalue weighted by Crippen LogP contribution is -2.44. The quantitative estimate of drug-likeness (QED) is 0.722. The molecule has 3 rings (SSSR count). The second kappa shape index (κ2) is 7.18. The van der Waals surface area contributed by atoms with E-state index in [1.54, 1.807) is 33.7 Å². The summed E-state index contributed by atoms with van der Waals surface area (Å²) in [5, 5.41) is 3.74. The van der Waals surface area contributed by atoms with Crippen LogP contribution in [0.3, 0.4) is 0 Å². The summed E-state index contributed by atoms with van der Waals surface area (Å²) in [7, 11) is -3.67. The third kappa shape index (κ3) is 3.46. The first-order valence-electron chi connectivity index (χ1n) is 7.50. The van der Waals surface area contributed by atoms with Crippen molar-refractivity contribution in [1.82, 2.24) is 9.21 Å². The van der Waals surface area contributed by atoms with Crippen LogP contribution in [0.25, 0.3) is 0 Å². The molecule has 1 aliphatic heterocycles. The van der Waals surface area contributed by atoms with E-state index in [2.05, 4.69) is 6.58 Å². The lowest BCUT2D eigenvalue weighted by molar-refractivity contribution is -0.132. The lowest BCUT2D eigenvalue weighted by Gasteiger charge is -2.29. The van der Waals surface area contributed by atoms with Crippen LogP contribution in [0.1, 0.15) is 10.4 Å². The van der Waals surface area contributed by atoms with Crippen LogP contribution in [0.15, 0.2) is 45.8 Å². The molecule has 0 atom stereocenters. The third-order valence-corrected chi connectivity index (χ3v) is 8.10. The van der Waals surface area contributed by atoms with Crippen LogP contribution in [-0.2, 0) is 27.8 Å². The monoisotopic (exact) mass is 382 g/mol. The number of rotatable bonds is 6. The fraction of sp³-hybridized carbons (Fsp3) is 0.312. The molecule has 0 radical (unpaired) electrons. The molecular weight excluding hydrogens is 364 g/mol. The first kappa shape index (κ1) is 17.3. The normalized spacial score (nSPS) is 14.6. The van der Waals surface area contributed by atoms with E-state index in [0.29, 0.717) is 13.1 Å². The van der Waals surface area contributed by atoms with Gasteiger partial charge in [0.25, 0.3) is 10.0 Å². The van der Waals surface area contributed by atoms with Crippen molar-refractivity contribution >= 4 is 38.6 Å². The molecular formula is C16H18N2O3S3. The highest BCUT2D eigenvalue weighted by Crippen LogP contribution is 2.25. The Morgan fingerprint density at radius 3 is 2.88 bits per heavy atom. The Bertz CT molecular complexity index is 825. The summed E-state index contributed by atoms with van der Waals surface area (Å²) in [6, 6.07) is 5.27. The van der Waals surface area contributed by atoms with E-state index in [4.69, 9.17) is 0 Å². The molecule has 2 aromatic heterocycles. The van der Waals surface area contributed by atoms with Gasteiger partial charge in [0, 0.05) is 24.5 Å². The predicted molar refractivity (Wildman–Crippen MR) is 96.7 cm³/mol.